The van der Waals surface area contributed by atoms with Gasteiger partial charge in [0.15, 0.2) is 5.84 Å². The van der Waals surface area contributed by atoms with Crippen molar-refractivity contribution in [1.29, 1.82) is 0 Å². The number of hydrogen-bond donors (Lipinski definition) is 0. The molecule has 0 N–H and O–H groups in total. The molecule has 0 saturated carbocycles. The number of aliphatic imine (C=N–C) groups is 2. The van der Waals surface area contributed by atoms with E-state index in [0.29, 0.717) is 5.92 Å². The standard InChI is InChI=1S/C29H31BrN2/c1-4-10-23(12-9-20-30)29(3)18-16-22(17-19-29)28-31-26-15-8-7-14-25(26)27(32-28)24-13-6-5-11-21(24)2/h4-10,12-18,21,25-26H,1,11,19-20H2,2-3H3/b12-9-,23-10+/t21?,25-,26?,29+/m1/s1. The molecule has 4 aliphatic rings. The minimum atomic E-state index is -0.0701. The SMILES string of the molecule is C=C/C=C(\C=C/CBr)[C@@]1(C)C=CC(C2=NC3C=CC=C[C@H]3C(C3=CC=CCC3C)=N2)=CC1. The zero-order chi connectivity index (χ0) is 22.6. The summed E-state index contributed by atoms with van der Waals surface area (Å²) in [6, 6.07) is 0.113. The van der Waals surface area contributed by atoms with Crippen LogP contribution in [0.4, 0.5) is 0 Å². The Morgan fingerprint density at radius 1 is 1.28 bits per heavy atom. The second-order valence-corrected chi connectivity index (χ2v) is 9.60. The molecule has 0 fully saturated rings. The second kappa shape index (κ2) is 9.95. The summed E-state index contributed by atoms with van der Waals surface area (Å²) >= 11 is 3.48. The Balaban J connectivity index is 1.66. The number of allylic oxidation sites excluding steroid dienone is 13. The van der Waals surface area contributed by atoms with E-state index in [-0.39, 0.29) is 17.4 Å². The van der Waals surface area contributed by atoms with E-state index in [2.05, 4.69) is 115 Å². The molecule has 0 bridgehead atoms. The first-order chi connectivity index (χ1) is 15.6. The maximum absolute atomic E-state index is 5.15. The molecular weight excluding hydrogens is 456 g/mol. The maximum atomic E-state index is 5.15. The van der Waals surface area contributed by atoms with Gasteiger partial charge in [-0.05, 0) is 29.9 Å². The van der Waals surface area contributed by atoms with Crippen LogP contribution in [0, 0.1) is 17.3 Å². The predicted molar refractivity (Wildman–Crippen MR) is 143 cm³/mol. The van der Waals surface area contributed by atoms with Gasteiger partial charge < -0.3 is 0 Å². The molecule has 0 radical (unpaired) electrons. The minimum Gasteiger partial charge on any atom is -0.258 e. The summed E-state index contributed by atoms with van der Waals surface area (Å²) in [5.41, 5.74) is 4.81. The highest BCUT2D eigenvalue weighted by atomic mass is 79.9. The van der Waals surface area contributed by atoms with Gasteiger partial charge >= 0.3 is 0 Å². The van der Waals surface area contributed by atoms with E-state index in [1.54, 1.807) is 0 Å². The number of halogens is 1. The smallest absolute Gasteiger partial charge is 0.155 e. The van der Waals surface area contributed by atoms with E-state index < -0.39 is 0 Å². The summed E-state index contributed by atoms with van der Waals surface area (Å²) in [4.78, 5) is 10.2. The fraction of sp³-hybridized carbons (Fsp3) is 0.310. The average Bonchev–Trinajstić information content (AvgIpc) is 2.82. The molecular formula is C29H31BrN2. The monoisotopic (exact) mass is 486 g/mol. The van der Waals surface area contributed by atoms with Gasteiger partial charge in [0.2, 0.25) is 0 Å². The third kappa shape index (κ3) is 4.63. The van der Waals surface area contributed by atoms with Crippen molar-refractivity contribution in [2.45, 2.75) is 32.7 Å². The van der Waals surface area contributed by atoms with E-state index in [4.69, 9.17) is 9.98 Å². The van der Waals surface area contributed by atoms with Gasteiger partial charge in [-0.3, -0.25) is 4.99 Å². The lowest BCUT2D eigenvalue weighted by Gasteiger charge is -2.33. The summed E-state index contributed by atoms with van der Waals surface area (Å²) in [5.74, 6) is 1.55. The van der Waals surface area contributed by atoms with Crippen molar-refractivity contribution in [2.75, 3.05) is 5.33 Å². The van der Waals surface area contributed by atoms with Gasteiger partial charge in [-0.2, -0.15) is 0 Å². The molecule has 164 valence electrons. The number of nitrogens with zero attached hydrogens (tertiary/aromatic N) is 2. The first kappa shape index (κ1) is 22.7. The van der Waals surface area contributed by atoms with Gasteiger partial charge in [0.05, 0.1) is 11.8 Å². The van der Waals surface area contributed by atoms with E-state index in [1.165, 1.54) is 16.9 Å². The van der Waals surface area contributed by atoms with Crippen LogP contribution in [0.2, 0.25) is 0 Å². The van der Waals surface area contributed by atoms with Crippen molar-refractivity contribution >= 4 is 27.5 Å². The first-order valence-electron chi connectivity index (χ1n) is 11.4. The van der Waals surface area contributed by atoms with Crippen molar-refractivity contribution in [2.24, 2.45) is 27.2 Å². The maximum Gasteiger partial charge on any atom is 0.155 e. The molecule has 0 spiro atoms. The summed E-state index contributed by atoms with van der Waals surface area (Å²) in [6.45, 7) is 8.46. The van der Waals surface area contributed by atoms with Crippen molar-refractivity contribution in [3.05, 3.63) is 108 Å². The lowest BCUT2D eigenvalue weighted by atomic mass is 9.75. The van der Waals surface area contributed by atoms with Crippen LogP contribution in [0.25, 0.3) is 0 Å². The van der Waals surface area contributed by atoms with Crippen LogP contribution in [0.15, 0.2) is 118 Å². The Bertz CT molecular complexity index is 1070. The third-order valence-corrected chi connectivity index (χ3v) is 7.00. The Morgan fingerprint density at radius 2 is 2.12 bits per heavy atom. The zero-order valence-corrected chi connectivity index (χ0v) is 20.5. The molecule has 4 atom stereocenters. The fourth-order valence-corrected chi connectivity index (χ4v) is 4.84. The summed E-state index contributed by atoms with van der Waals surface area (Å²) in [5, 5.41) is 0.838. The molecule has 1 aliphatic heterocycles. The minimum absolute atomic E-state index is 0.0701. The quantitative estimate of drug-likeness (QED) is 0.275. The van der Waals surface area contributed by atoms with E-state index >= 15 is 0 Å². The van der Waals surface area contributed by atoms with Crippen molar-refractivity contribution < 1.29 is 0 Å². The lowest BCUT2D eigenvalue weighted by Crippen LogP contribution is -2.34. The molecule has 0 amide bonds. The van der Waals surface area contributed by atoms with Crippen molar-refractivity contribution in [3.8, 4) is 0 Å². The highest BCUT2D eigenvalue weighted by Crippen LogP contribution is 2.39. The van der Waals surface area contributed by atoms with Crippen LogP contribution in [0.1, 0.15) is 26.7 Å². The molecule has 3 heteroatoms. The second-order valence-electron chi connectivity index (χ2n) is 8.95. The summed E-state index contributed by atoms with van der Waals surface area (Å²) in [6.07, 6.45) is 32.4. The van der Waals surface area contributed by atoms with E-state index in [1.807, 2.05) is 6.08 Å². The molecule has 32 heavy (non-hydrogen) atoms. The van der Waals surface area contributed by atoms with Gasteiger partial charge in [0.1, 0.15) is 0 Å². The molecule has 2 unspecified atom stereocenters. The number of fused-ring (bicyclic) bond motifs is 1. The topological polar surface area (TPSA) is 24.7 Å². The van der Waals surface area contributed by atoms with Gasteiger partial charge in [0, 0.05) is 22.2 Å². The summed E-state index contributed by atoms with van der Waals surface area (Å²) in [7, 11) is 0. The van der Waals surface area contributed by atoms with Crippen LogP contribution >= 0.6 is 15.9 Å². The average molecular weight is 487 g/mol. The molecule has 3 aliphatic carbocycles. The highest BCUT2D eigenvalue weighted by molar-refractivity contribution is 9.09. The molecule has 1 heterocycles. The number of alkyl halides is 1. The zero-order valence-electron chi connectivity index (χ0n) is 18.9. The van der Waals surface area contributed by atoms with Crippen molar-refractivity contribution in [3.63, 3.8) is 0 Å². The Kier molecular flexibility index (Phi) is 7.05. The normalized spacial score (nSPS) is 31.7. The van der Waals surface area contributed by atoms with Crippen LogP contribution in [-0.2, 0) is 0 Å². The number of amidine groups is 1. The predicted octanol–water partition coefficient (Wildman–Crippen LogP) is 7.43. The largest absolute Gasteiger partial charge is 0.258 e. The number of hydrogen-bond acceptors (Lipinski definition) is 2. The molecule has 0 aromatic rings. The third-order valence-electron chi connectivity index (χ3n) is 6.63. The van der Waals surface area contributed by atoms with Gasteiger partial charge in [-0.15, -0.1) is 0 Å². The Labute approximate surface area is 200 Å². The lowest BCUT2D eigenvalue weighted by molar-refractivity contribution is 0.529. The van der Waals surface area contributed by atoms with Crippen LogP contribution in [0.3, 0.4) is 0 Å². The molecule has 2 nitrogen and oxygen atoms in total. The Morgan fingerprint density at radius 3 is 2.84 bits per heavy atom. The highest BCUT2D eigenvalue weighted by Gasteiger charge is 2.33. The van der Waals surface area contributed by atoms with Crippen molar-refractivity contribution in [1.82, 2.24) is 0 Å². The fourth-order valence-electron chi connectivity index (χ4n) is 4.66. The molecule has 4 rings (SSSR count). The van der Waals surface area contributed by atoms with Crippen LogP contribution in [0.5, 0.6) is 0 Å². The van der Waals surface area contributed by atoms with E-state index in [9.17, 15) is 0 Å². The van der Waals surface area contributed by atoms with Gasteiger partial charge in [-0.25, -0.2) is 4.99 Å². The molecule has 0 aromatic heterocycles. The first-order valence-corrected chi connectivity index (χ1v) is 12.5. The van der Waals surface area contributed by atoms with Gasteiger partial charge in [-0.1, -0.05) is 121 Å². The molecule has 0 saturated heterocycles. The Hall–Kier alpha value is -2.52. The van der Waals surface area contributed by atoms with Crippen LogP contribution < -0.4 is 0 Å². The number of rotatable bonds is 6. The van der Waals surface area contributed by atoms with Gasteiger partial charge in [0.25, 0.3) is 0 Å². The molecule has 0 aromatic carbocycles. The van der Waals surface area contributed by atoms with E-state index in [0.717, 1.165) is 29.6 Å². The summed E-state index contributed by atoms with van der Waals surface area (Å²) < 4.78 is 0. The van der Waals surface area contributed by atoms with Crippen LogP contribution in [-0.4, -0.2) is 22.9 Å².